The zero-order valence-electron chi connectivity index (χ0n) is 10.8. The standard InChI is InChI=1S/C14H18O5/c1-2-3-4-9-12(15)19-14(18)11-8-6-5-7-10(11)13(16)17/h5-8,12,15H,2-4,9H2,1H3,(H,16,17)/p-1. The second-order valence-electron chi connectivity index (χ2n) is 4.19. The first kappa shape index (κ1) is 15.2. The number of aliphatic hydroxyl groups is 1. The first-order valence-corrected chi connectivity index (χ1v) is 6.25. The third-order valence-corrected chi connectivity index (χ3v) is 2.66. The Labute approximate surface area is 111 Å². The Morgan fingerprint density at radius 2 is 1.89 bits per heavy atom. The molecule has 0 heterocycles. The van der Waals surface area contributed by atoms with Crippen LogP contribution in [0.15, 0.2) is 24.3 Å². The third kappa shape index (κ3) is 4.71. The molecule has 0 aliphatic carbocycles. The molecule has 0 bridgehead atoms. The number of aliphatic hydroxyl groups excluding tert-OH is 1. The molecule has 0 aromatic heterocycles. The van der Waals surface area contributed by atoms with Crippen LogP contribution in [0.4, 0.5) is 0 Å². The molecule has 0 fully saturated rings. The summed E-state index contributed by atoms with van der Waals surface area (Å²) in [5.74, 6) is -2.31. The number of unbranched alkanes of at least 4 members (excludes halogenated alkanes) is 2. The lowest BCUT2D eigenvalue weighted by atomic mass is 10.1. The molecule has 5 nitrogen and oxygen atoms in total. The van der Waals surface area contributed by atoms with Crippen molar-refractivity contribution in [3.05, 3.63) is 35.4 Å². The number of ether oxygens (including phenoxy) is 1. The summed E-state index contributed by atoms with van der Waals surface area (Å²) >= 11 is 0. The van der Waals surface area contributed by atoms with Crippen molar-refractivity contribution < 1.29 is 24.5 Å². The van der Waals surface area contributed by atoms with Crippen molar-refractivity contribution in [2.45, 2.75) is 38.9 Å². The van der Waals surface area contributed by atoms with E-state index in [4.69, 9.17) is 4.74 Å². The van der Waals surface area contributed by atoms with Crippen molar-refractivity contribution in [3.63, 3.8) is 0 Å². The van der Waals surface area contributed by atoms with Gasteiger partial charge in [-0.15, -0.1) is 0 Å². The molecule has 0 saturated carbocycles. The second-order valence-corrected chi connectivity index (χ2v) is 4.19. The molecule has 0 amide bonds. The third-order valence-electron chi connectivity index (χ3n) is 2.66. The maximum atomic E-state index is 11.7. The highest BCUT2D eigenvalue weighted by Gasteiger charge is 2.16. The molecule has 1 aromatic carbocycles. The van der Waals surface area contributed by atoms with Crippen LogP contribution in [-0.4, -0.2) is 23.3 Å². The Morgan fingerprint density at radius 1 is 1.26 bits per heavy atom. The molecule has 0 aliphatic rings. The summed E-state index contributed by atoms with van der Waals surface area (Å²) in [7, 11) is 0. The number of carbonyl (C=O) groups excluding carboxylic acids is 2. The Hall–Kier alpha value is -1.88. The van der Waals surface area contributed by atoms with Crippen LogP contribution in [0.3, 0.4) is 0 Å². The zero-order valence-corrected chi connectivity index (χ0v) is 10.8. The summed E-state index contributed by atoms with van der Waals surface area (Å²) in [6, 6.07) is 5.59. The van der Waals surface area contributed by atoms with Gasteiger partial charge in [-0.05, 0) is 12.5 Å². The van der Waals surface area contributed by atoms with E-state index in [1.807, 2.05) is 6.92 Å². The largest absolute Gasteiger partial charge is 0.545 e. The number of aromatic carboxylic acids is 1. The molecule has 104 valence electrons. The van der Waals surface area contributed by atoms with Crippen molar-refractivity contribution in [2.75, 3.05) is 0 Å². The topological polar surface area (TPSA) is 86.7 Å². The van der Waals surface area contributed by atoms with Crippen molar-refractivity contribution in [2.24, 2.45) is 0 Å². The van der Waals surface area contributed by atoms with Crippen molar-refractivity contribution in [3.8, 4) is 0 Å². The number of rotatable bonds is 7. The van der Waals surface area contributed by atoms with E-state index in [0.717, 1.165) is 19.3 Å². The number of carbonyl (C=O) groups is 2. The molecule has 0 spiro atoms. The lowest BCUT2D eigenvalue weighted by Crippen LogP contribution is -2.26. The maximum Gasteiger partial charge on any atom is 0.341 e. The predicted octanol–water partition coefficient (Wildman–Crippen LogP) is 1.11. The van der Waals surface area contributed by atoms with Gasteiger partial charge in [0.25, 0.3) is 0 Å². The van der Waals surface area contributed by atoms with Crippen LogP contribution < -0.4 is 5.11 Å². The predicted molar refractivity (Wildman–Crippen MR) is 66.3 cm³/mol. The Kier molecular flexibility index (Phi) is 6.02. The van der Waals surface area contributed by atoms with Gasteiger partial charge in [0.15, 0.2) is 0 Å². The molecule has 0 aliphatic heterocycles. The smallest absolute Gasteiger partial charge is 0.341 e. The highest BCUT2D eigenvalue weighted by atomic mass is 16.6. The fourth-order valence-electron chi connectivity index (χ4n) is 1.65. The summed E-state index contributed by atoms with van der Waals surface area (Å²) in [4.78, 5) is 22.6. The number of esters is 1. The summed E-state index contributed by atoms with van der Waals surface area (Å²) in [6.07, 6.45) is 1.80. The van der Waals surface area contributed by atoms with E-state index in [0.29, 0.717) is 6.42 Å². The first-order chi connectivity index (χ1) is 9.06. The fourth-order valence-corrected chi connectivity index (χ4v) is 1.65. The minimum Gasteiger partial charge on any atom is -0.545 e. The molecule has 5 heteroatoms. The van der Waals surface area contributed by atoms with Crippen molar-refractivity contribution in [1.29, 1.82) is 0 Å². The lowest BCUT2D eigenvalue weighted by molar-refractivity contribution is -0.255. The Morgan fingerprint density at radius 3 is 2.47 bits per heavy atom. The molecule has 0 saturated heterocycles. The van der Waals surface area contributed by atoms with E-state index >= 15 is 0 Å². The molecule has 1 atom stereocenters. The van der Waals surface area contributed by atoms with E-state index in [-0.39, 0.29) is 11.1 Å². The molecule has 1 aromatic rings. The van der Waals surface area contributed by atoms with Crippen molar-refractivity contribution in [1.82, 2.24) is 0 Å². The average molecular weight is 265 g/mol. The minimum absolute atomic E-state index is 0.114. The van der Waals surface area contributed by atoms with Crippen LogP contribution in [0.1, 0.15) is 53.3 Å². The monoisotopic (exact) mass is 265 g/mol. The second kappa shape index (κ2) is 7.53. The van der Waals surface area contributed by atoms with Gasteiger partial charge in [-0.2, -0.15) is 0 Å². The molecular weight excluding hydrogens is 248 g/mol. The van der Waals surface area contributed by atoms with Gasteiger partial charge in [-0.25, -0.2) is 4.79 Å². The van der Waals surface area contributed by atoms with E-state index < -0.39 is 18.2 Å². The van der Waals surface area contributed by atoms with Crippen molar-refractivity contribution >= 4 is 11.9 Å². The van der Waals surface area contributed by atoms with E-state index in [1.165, 1.54) is 24.3 Å². The number of carboxylic acid groups (broad SMARTS) is 1. The quantitative estimate of drug-likeness (QED) is 0.453. The molecule has 1 N–H and O–H groups in total. The van der Waals surface area contributed by atoms with Gasteiger partial charge in [0, 0.05) is 12.0 Å². The summed E-state index contributed by atoms with van der Waals surface area (Å²) in [6.45, 7) is 2.02. The SMILES string of the molecule is CCCCCC(O)OC(=O)c1ccccc1C(=O)[O-]. The van der Waals surface area contributed by atoms with Gasteiger partial charge in [0.05, 0.1) is 11.5 Å². The minimum atomic E-state index is -1.45. The van der Waals surface area contributed by atoms with Crippen LogP contribution in [-0.2, 0) is 4.74 Å². The number of benzene rings is 1. The fraction of sp³-hybridized carbons (Fsp3) is 0.429. The number of hydrogen-bond acceptors (Lipinski definition) is 5. The summed E-state index contributed by atoms with van der Waals surface area (Å²) < 4.78 is 4.80. The van der Waals surface area contributed by atoms with Gasteiger partial charge >= 0.3 is 5.97 Å². The van der Waals surface area contributed by atoms with E-state index in [1.54, 1.807) is 0 Å². The molecule has 0 radical (unpaired) electrons. The highest BCUT2D eigenvalue weighted by Crippen LogP contribution is 2.12. The van der Waals surface area contributed by atoms with Gasteiger partial charge in [0.2, 0.25) is 6.29 Å². The van der Waals surface area contributed by atoms with Crippen LogP contribution >= 0.6 is 0 Å². The van der Waals surface area contributed by atoms with Gasteiger partial charge in [-0.1, -0.05) is 38.0 Å². The lowest BCUT2D eigenvalue weighted by Gasteiger charge is -2.14. The van der Waals surface area contributed by atoms with Crippen LogP contribution in [0.2, 0.25) is 0 Å². The first-order valence-electron chi connectivity index (χ1n) is 6.25. The number of hydrogen-bond donors (Lipinski definition) is 1. The molecule has 19 heavy (non-hydrogen) atoms. The Balaban J connectivity index is 2.65. The van der Waals surface area contributed by atoms with Gasteiger partial charge in [0.1, 0.15) is 0 Å². The Bertz CT molecular complexity index is 441. The summed E-state index contributed by atoms with van der Waals surface area (Å²) in [5.41, 5.74) is -0.356. The van der Waals surface area contributed by atoms with Crippen LogP contribution in [0, 0.1) is 0 Å². The van der Waals surface area contributed by atoms with E-state index in [2.05, 4.69) is 0 Å². The van der Waals surface area contributed by atoms with E-state index in [9.17, 15) is 19.8 Å². The number of carboxylic acids is 1. The summed E-state index contributed by atoms with van der Waals surface area (Å²) in [5, 5.41) is 20.4. The van der Waals surface area contributed by atoms with Crippen LogP contribution in [0.5, 0.6) is 0 Å². The average Bonchev–Trinajstić information content (AvgIpc) is 2.39. The maximum absolute atomic E-state index is 11.7. The van der Waals surface area contributed by atoms with Gasteiger partial charge in [-0.3, -0.25) is 0 Å². The highest BCUT2D eigenvalue weighted by molar-refractivity contribution is 6.01. The normalized spacial score (nSPS) is 11.9. The van der Waals surface area contributed by atoms with Gasteiger partial charge < -0.3 is 19.7 Å². The molecule has 1 unspecified atom stereocenters. The zero-order chi connectivity index (χ0) is 14.3. The molecular formula is C14H17O5-. The van der Waals surface area contributed by atoms with Crippen LogP contribution in [0.25, 0.3) is 0 Å². The molecule has 1 rings (SSSR count).